The highest BCUT2D eigenvalue weighted by Crippen LogP contribution is 2.21. The summed E-state index contributed by atoms with van der Waals surface area (Å²) in [5, 5.41) is 8.29. The molecule has 0 bridgehead atoms. The standard InChI is InChI=1S/C21H24N4O4/c1-12-9-18(16(5)25(12)20-10-13(2)29-23-20)19(26)11-28-21(27)8-7-17-14(3)22-24(6)15(17)4/h7-10H,11H2,1-6H3/b8-7+. The Hall–Kier alpha value is -3.42. The molecule has 8 nitrogen and oxygen atoms in total. The lowest BCUT2D eigenvalue weighted by atomic mass is 10.1. The molecule has 0 aliphatic rings. The summed E-state index contributed by atoms with van der Waals surface area (Å²) in [6, 6.07) is 3.55. The minimum atomic E-state index is -0.582. The van der Waals surface area contributed by atoms with Gasteiger partial charge in [0, 0.05) is 47.4 Å². The smallest absolute Gasteiger partial charge is 0.331 e. The highest BCUT2D eigenvalue weighted by molar-refractivity contribution is 6.00. The van der Waals surface area contributed by atoms with E-state index in [-0.39, 0.29) is 12.4 Å². The molecule has 0 aliphatic carbocycles. The highest BCUT2D eigenvalue weighted by atomic mass is 16.5. The van der Waals surface area contributed by atoms with Gasteiger partial charge in [0.25, 0.3) is 0 Å². The van der Waals surface area contributed by atoms with Gasteiger partial charge in [-0.1, -0.05) is 5.16 Å². The van der Waals surface area contributed by atoms with Gasteiger partial charge in [-0.15, -0.1) is 0 Å². The largest absolute Gasteiger partial charge is 0.454 e. The molecule has 0 saturated heterocycles. The first-order valence-corrected chi connectivity index (χ1v) is 9.20. The summed E-state index contributed by atoms with van der Waals surface area (Å²) in [5.74, 6) is 0.431. The van der Waals surface area contributed by atoms with E-state index >= 15 is 0 Å². The van der Waals surface area contributed by atoms with Crippen LogP contribution in [0.25, 0.3) is 11.9 Å². The SMILES string of the molecule is Cc1cc(-n2c(C)cc(C(=O)COC(=O)/C=C/c3c(C)nn(C)c3C)c2C)no1. The second-order valence-electron chi connectivity index (χ2n) is 6.99. The maximum absolute atomic E-state index is 12.6. The molecule has 0 fully saturated rings. The Morgan fingerprint density at radius 2 is 1.86 bits per heavy atom. The molecule has 0 atom stereocenters. The topological polar surface area (TPSA) is 92.2 Å². The van der Waals surface area contributed by atoms with Gasteiger partial charge in [-0.25, -0.2) is 4.79 Å². The average molecular weight is 396 g/mol. The Bertz CT molecular complexity index is 1110. The fourth-order valence-electron chi connectivity index (χ4n) is 3.30. The third kappa shape index (κ3) is 4.06. The first kappa shape index (κ1) is 20.3. The van der Waals surface area contributed by atoms with Crippen LogP contribution in [0.2, 0.25) is 0 Å². The van der Waals surface area contributed by atoms with Crippen LogP contribution in [0.3, 0.4) is 0 Å². The van der Waals surface area contributed by atoms with Gasteiger partial charge >= 0.3 is 5.97 Å². The number of carbonyl (C=O) groups is 2. The molecule has 0 radical (unpaired) electrons. The van der Waals surface area contributed by atoms with Crippen LogP contribution in [0.5, 0.6) is 0 Å². The van der Waals surface area contributed by atoms with Crippen LogP contribution in [0.4, 0.5) is 0 Å². The third-order valence-corrected chi connectivity index (χ3v) is 4.87. The van der Waals surface area contributed by atoms with Crippen LogP contribution in [0.15, 0.2) is 22.7 Å². The van der Waals surface area contributed by atoms with E-state index in [1.807, 2.05) is 39.3 Å². The molecule has 152 valence electrons. The molecule has 0 aromatic carbocycles. The van der Waals surface area contributed by atoms with E-state index in [1.165, 1.54) is 6.08 Å². The lowest BCUT2D eigenvalue weighted by Gasteiger charge is -2.05. The van der Waals surface area contributed by atoms with Crippen molar-refractivity contribution < 1.29 is 18.8 Å². The molecule has 0 aliphatic heterocycles. The van der Waals surface area contributed by atoms with Crippen molar-refractivity contribution in [3.8, 4) is 5.82 Å². The first-order valence-electron chi connectivity index (χ1n) is 9.20. The van der Waals surface area contributed by atoms with Gasteiger partial charge in [-0.05, 0) is 46.8 Å². The molecular weight excluding hydrogens is 372 g/mol. The number of aromatic nitrogens is 4. The van der Waals surface area contributed by atoms with Crippen molar-refractivity contribution >= 4 is 17.8 Å². The predicted molar refractivity (Wildman–Crippen MR) is 107 cm³/mol. The van der Waals surface area contributed by atoms with Crippen LogP contribution in [0.1, 0.15) is 44.5 Å². The van der Waals surface area contributed by atoms with E-state index < -0.39 is 5.97 Å². The van der Waals surface area contributed by atoms with E-state index in [0.717, 1.165) is 22.6 Å². The third-order valence-electron chi connectivity index (χ3n) is 4.87. The highest BCUT2D eigenvalue weighted by Gasteiger charge is 2.19. The zero-order chi connectivity index (χ0) is 21.3. The molecule has 0 unspecified atom stereocenters. The fraction of sp³-hybridized carbons (Fsp3) is 0.333. The van der Waals surface area contributed by atoms with Crippen molar-refractivity contribution in [2.45, 2.75) is 34.6 Å². The Morgan fingerprint density at radius 1 is 1.14 bits per heavy atom. The molecular formula is C21H24N4O4. The van der Waals surface area contributed by atoms with Crippen molar-refractivity contribution in [1.29, 1.82) is 0 Å². The fourth-order valence-corrected chi connectivity index (χ4v) is 3.30. The van der Waals surface area contributed by atoms with Gasteiger partial charge in [-0.2, -0.15) is 5.10 Å². The molecule has 0 spiro atoms. The maximum atomic E-state index is 12.6. The Balaban J connectivity index is 1.68. The van der Waals surface area contributed by atoms with Crippen molar-refractivity contribution in [2.24, 2.45) is 7.05 Å². The number of carbonyl (C=O) groups excluding carboxylic acids is 2. The van der Waals surface area contributed by atoms with Gasteiger partial charge in [0.05, 0.1) is 5.69 Å². The normalized spacial score (nSPS) is 11.4. The summed E-state index contributed by atoms with van der Waals surface area (Å²) < 4.78 is 13.8. The van der Waals surface area contributed by atoms with E-state index in [0.29, 0.717) is 22.8 Å². The lowest BCUT2D eigenvalue weighted by molar-refractivity contribution is -0.136. The molecule has 0 N–H and O–H groups in total. The molecule has 29 heavy (non-hydrogen) atoms. The van der Waals surface area contributed by atoms with E-state index in [1.54, 1.807) is 29.8 Å². The summed E-state index contributed by atoms with van der Waals surface area (Å²) in [7, 11) is 1.84. The van der Waals surface area contributed by atoms with Gasteiger partial charge in [0.1, 0.15) is 5.76 Å². The number of Topliss-reactive ketones (excluding diaryl/α,β-unsaturated/α-hetero) is 1. The molecule has 3 aromatic rings. The van der Waals surface area contributed by atoms with Crippen molar-refractivity contribution in [3.05, 3.63) is 57.9 Å². The van der Waals surface area contributed by atoms with Crippen LogP contribution in [-0.2, 0) is 16.6 Å². The molecule has 0 saturated carbocycles. The predicted octanol–water partition coefficient (Wildman–Crippen LogP) is 3.18. The second kappa shape index (κ2) is 7.90. The van der Waals surface area contributed by atoms with Gasteiger partial charge < -0.3 is 9.26 Å². The monoisotopic (exact) mass is 396 g/mol. The van der Waals surface area contributed by atoms with Crippen molar-refractivity contribution in [2.75, 3.05) is 6.61 Å². The second-order valence-corrected chi connectivity index (χ2v) is 6.99. The summed E-state index contributed by atoms with van der Waals surface area (Å²) in [6.45, 7) is 8.95. The number of hydrogen-bond donors (Lipinski definition) is 0. The number of aryl methyl sites for hydroxylation is 4. The average Bonchev–Trinajstić information content (AvgIpc) is 3.28. The molecule has 0 amide bonds. The summed E-state index contributed by atoms with van der Waals surface area (Å²) in [5.41, 5.74) is 4.67. The molecule has 3 aromatic heterocycles. The molecule has 3 rings (SSSR count). The summed E-state index contributed by atoms with van der Waals surface area (Å²) in [6.07, 6.45) is 2.97. The quantitative estimate of drug-likeness (QED) is 0.361. The van der Waals surface area contributed by atoms with Gasteiger partial charge in [0.2, 0.25) is 5.78 Å². The number of rotatable bonds is 6. The number of ether oxygens (including phenoxy) is 1. The van der Waals surface area contributed by atoms with E-state index in [9.17, 15) is 9.59 Å². The Morgan fingerprint density at radius 3 is 2.45 bits per heavy atom. The van der Waals surface area contributed by atoms with Crippen LogP contribution < -0.4 is 0 Å². The number of esters is 1. The number of nitrogens with zero attached hydrogens (tertiary/aromatic N) is 4. The van der Waals surface area contributed by atoms with Crippen molar-refractivity contribution in [3.63, 3.8) is 0 Å². The first-order chi connectivity index (χ1) is 13.7. The number of ketones is 1. The minimum Gasteiger partial charge on any atom is -0.454 e. The van der Waals surface area contributed by atoms with Crippen LogP contribution in [0, 0.1) is 34.6 Å². The number of hydrogen-bond acceptors (Lipinski definition) is 6. The summed E-state index contributed by atoms with van der Waals surface area (Å²) >= 11 is 0. The maximum Gasteiger partial charge on any atom is 0.331 e. The zero-order valence-corrected chi connectivity index (χ0v) is 17.4. The van der Waals surface area contributed by atoms with Gasteiger partial charge in [-0.3, -0.25) is 14.0 Å². The molecule has 3 heterocycles. The van der Waals surface area contributed by atoms with Crippen LogP contribution in [-0.4, -0.2) is 37.9 Å². The zero-order valence-electron chi connectivity index (χ0n) is 17.4. The van der Waals surface area contributed by atoms with Crippen molar-refractivity contribution in [1.82, 2.24) is 19.5 Å². The van der Waals surface area contributed by atoms with Crippen LogP contribution >= 0.6 is 0 Å². The Kier molecular flexibility index (Phi) is 5.54. The molecule has 8 heteroatoms. The minimum absolute atomic E-state index is 0.278. The van der Waals surface area contributed by atoms with E-state index in [2.05, 4.69) is 10.3 Å². The van der Waals surface area contributed by atoms with E-state index in [4.69, 9.17) is 9.26 Å². The lowest BCUT2D eigenvalue weighted by Crippen LogP contribution is -2.13. The Labute approximate surface area is 168 Å². The van der Waals surface area contributed by atoms with Gasteiger partial charge in [0.15, 0.2) is 12.4 Å². The summed E-state index contributed by atoms with van der Waals surface area (Å²) in [4.78, 5) is 24.6.